The van der Waals surface area contributed by atoms with Gasteiger partial charge in [0.15, 0.2) is 5.82 Å². The van der Waals surface area contributed by atoms with Gasteiger partial charge in [-0.05, 0) is 55.9 Å². The zero-order chi connectivity index (χ0) is 21.7. The van der Waals surface area contributed by atoms with Gasteiger partial charge in [0.25, 0.3) is 5.91 Å². The first-order valence-electron chi connectivity index (χ1n) is 11.0. The van der Waals surface area contributed by atoms with E-state index in [1.54, 1.807) is 14.2 Å². The normalized spacial score (nSPS) is 20.7. The van der Waals surface area contributed by atoms with Gasteiger partial charge < -0.3 is 23.6 Å². The number of rotatable bonds is 7. The van der Waals surface area contributed by atoms with Crippen molar-refractivity contribution in [1.82, 2.24) is 15.0 Å². The maximum Gasteiger partial charge on any atom is 0.253 e. The van der Waals surface area contributed by atoms with E-state index in [2.05, 4.69) is 10.1 Å². The predicted octanol–water partition coefficient (Wildman–Crippen LogP) is 2.91. The van der Waals surface area contributed by atoms with Gasteiger partial charge >= 0.3 is 0 Å². The minimum Gasteiger partial charge on any atom is -0.497 e. The lowest BCUT2D eigenvalue weighted by molar-refractivity contribution is -0.124. The minimum atomic E-state index is -0.154. The first-order chi connectivity index (χ1) is 15.1. The Labute approximate surface area is 182 Å². The molecule has 1 amide bonds. The molecule has 31 heavy (non-hydrogen) atoms. The molecule has 2 aliphatic rings. The van der Waals surface area contributed by atoms with Gasteiger partial charge in [0.2, 0.25) is 5.89 Å². The Morgan fingerprint density at radius 1 is 1.23 bits per heavy atom. The summed E-state index contributed by atoms with van der Waals surface area (Å²) in [5.74, 6) is 2.67. The molecule has 0 bridgehead atoms. The van der Waals surface area contributed by atoms with Gasteiger partial charge in [-0.1, -0.05) is 5.16 Å². The van der Waals surface area contributed by atoms with Crippen molar-refractivity contribution in [1.29, 1.82) is 0 Å². The number of ether oxygens (including phenoxy) is 3. The fourth-order valence-electron chi connectivity index (χ4n) is 4.60. The number of carbonyl (C=O) groups is 1. The van der Waals surface area contributed by atoms with Crippen LogP contribution in [-0.4, -0.2) is 67.1 Å². The molecule has 168 valence electrons. The van der Waals surface area contributed by atoms with Crippen LogP contribution in [0.25, 0.3) is 0 Å². The molecule has 3 heterocycles. The van der Waals surface area contributed by atoms with Crippen LogP contribution in [-0.2, 0) is 22.3 Å². The Kier molecular flexibility index (Phi) is 6.87. The number of carbonyl (C=O) groups excluding carboxylic acids is 1. The predicted molar refractivity (Wildman–Crippen MR) is 113 cm³/mol. The number of likely N-dealkylation sites (tertiary alicyclic amines) is 1. The molecular weight excluding hydrogens is 398 g/mol. The van der Waals surface area contributed by atoms with E-state index in [0.29, 0.717) is 49.3 Å². The van der Waals surface area contributed by atoms with Gasteiger partial charge in [0.05, 0.1) is 19.3 Å². The molecule has 1 atom stereocenters. The van der Waals surface area contributed by atoms with Crippen LogP contribution in [0.15, 0.2) is 28.8 Å². The lowest BCUT2D eigenvalue weighted by Crippen LogP contribution is -2.51. The fourth-order valence-corrected chi connectivity index (χ4v) is 4.60. The highest BCUT2D eigenvalue weighted by atomic mass is 16.5. The van der Waals surface area contributed by atoms with Crippen LogP contribution in [0, 0.1) is 5.92 Å². The molecular formula is C23H31N3O5. The zero-order valence-electron chi connectivity index (χ0n) is 18.3. The molecule has 1 unspecified atom stereocenters. The average molecular weight is 430 g/mol. The summed E-state index contributed by atoms with van der Waals surface area (Å²) in [7, 11) is 3.29. The third-order valence-corrected chi connectivity index (χ3v) is 6.40. The Morgan fingerprint density at radius 2 is 2.00 bits per heavy atom. The van der Waals surface area contributed by atoms with E-state index in [1.165, 1.54) is 0 Å². The molecule has 8 nitrogen and oxygen atoms in total. The summed E-state index contributed by atoms with van der Waals surface area (Å²) in [6.07, 6.45) is 5.11. The van der Waals surface area contributed by atoms with E-state index >= 15 is 0 Å². The number of methoxy groups -OCH3 is 2. The fraction of sp³-hybridized carbons (Fsp3) is 0.609. The lowest BCUT2D eigenvalue weighted by Gasteiger charge is -2.46. The third-order valence-electron chi connectivity index (χ3n) is 6.40. The number of benzene rings is 1. The standard InChI is InChI=1S/C23H31N3O5/c1-28-13-8-20-24-21(31-25-20)15-17-7-14-30-23(16-17)9-11-26(12-10-23)22(27)18-3-5-19(29-2)6-4-18/h3-6,17H,7-16H2,1-2H3. The highest BCUT2D eigenvalue weighted by Gasteiger charge is 2.41. The second-order valence-electron chi connectivity index (χ2n) is 8.46. The van der Waals surface area contributed by atoms with Gasteiger partial charge in [0.1, 0.15) is 5.75 Å². The maximum atomic E-state index is 12.9. The van der Waals surface area contributed by atoms with Crippen molar-refractivity contribution < 1.29 is 23.5 Å². The molecule has 1 aromatic heterocycles. The molecule has 2 fully saturated rings. The van der Waals surface area contributed by atoms with Crippen LogP contribution in [0.5, 0.6) is 5.75 Å². The Morgan fingerprint density at radius 3 is 2.71 bits per heavy atom. The minimum absolute atomic E-state index is 0.0688. The first kappa shape index (κ1) is 21.8. The molecule has 8 heteroatoms. The molecule has 2 aromatic rings. The smallest absolute Gasteiger partial charge is 0.253 e. The summed E-state index contributed by atoms with van der Waals surface area (Å²) < 4.78 is 21.9. The molecule has 2 saturated heterocycles. The number of hydrogen-bond acceptors (Lipinski definition) is 7. The van der Waals surface area contributed by atoms with Crippen molar-refractivity contribution in [2.45, 2.75) is 44.1 Å². The molecule has 2 aliphatic heterocycles. The summed E-state index contributed by atoms with van der Waals surface area (Å²) in [5, 5.41) is 4.04. The van der Waals surface area contributed by atoms with Gasteiger partial charge in [0, 0.05) is 45.2 Å². The molecule has 0 N–H and O–H groups in total. The van der Waals surface area contributed by atoms with Gasteiger partial charge in [-0.2, -0.15) is 4.98 Å². The van der Waals surface area contributed by atoms with Crippen molar-refractivity contribution >= 4 is 5.91 Å². The Bertz CT molecular complexity index is 858. The highest BCUT2D eigenvalue weighted by Crippen LogP contribution is 2.39. The number of nitrogens with zero attached hydrogens (tertiary/aromatic N) is 3. The second-order valence-corrected chi connectivity index (χ2v) is 8.46. The van der Waals surface area contributed by atoms with Crippen molar-refractivity contribution in [2.75, 3.05) is 40.5 Å². The van der Waals surface area contributed by atoms with E-state index < -0.39 is 0 Å². The third kappa shape index (κ3) is 5.25. The number of aromatic nitrogens is 2. The molecule has 4 rings (SSSR count). The first-order valence-corrected chi connectivity index (χ1v) is 11.0. The van der Waals surface area contributed by atoms with Crippen molar-refractivity contribution in [3.63, 3.8) is 0 Å². The van der Waals surface area contributed by atoms with Crippen LogP contribution < -0.4 is 4.74 Å². The SMILES string of the molecule is COCCc1noc(CC2CCOC3(CCN(C(=O)c4ccc(OC)cc4)CC3)C2)n1. The van der Waals surface area contributed by atoms with Crippen LogP contribution in [0.2, 0.25) is 0 Å². The summed E-state index contributed by atoms with van der Waals surface area (Å²) in [5.41, 5.74) is 0.540. The van der Waals surface area contributed by atoms with Gasteiger partial charge in [-0.3, -0.25) is 4.79 Å². The Balaban J connectivity index is 1.31. The zero-order valence-corrected chi connectivity index (χ0v) is 18.3. The molecule has 0 aliphatic carbocycles. The van der Waals surface area contributed by atoms with Crippen LogP contribution >= 0.6 is 0 Å². The molecule has 1 aromatic carbocycles. The summed E-state index contributed by atoms with van der Waals surface area (Å²) in [4.78, 5) is 19.3. The van der Waals surface area contributed by atoms with E-state index in [9.17, 15) is 4.79 Å². The van der Waals surface area contributed by atoms with E-state index in [0.717, 1.165) is 44.5 Å². The lowest BCUT2D eigenvalue weighted by atomic mass is 9.78. The average Bonchev–Trinajstić information content (AvgIpc) is 3.25. The summed E-state index contributed by atoms with van der Waals surface area (Å²) in [6.45, 7) is 2.74. The molecule has 1 spiro atoms. The topological polar surface area (TPSA) is 86.9 Å². The van der Waals surface area contributed by atoms with E-state index in [4.69, 9.17) is 18.7 Å². The molecule has 0 radical (unpaired) electrons. The van der Waals surface area contributed by atoms with Crippen molar-refractivity contribution in [3.8, 4) is 5.75 Å². The maximum absolute atomic E-state index is 12.9. The second kappa shape index (κ2) is 9.78. The van der Waals surface area contributed by atoms with E-state index in [1.807, 2.05) is 29.2 Å². The number of hydrogen-bond donors (Lipinski definition) is 0. The van der Waals surface area contributed by atoms with Crippen LogP contribution in [0.1, 0.15) is 47.8 Å². The number of piperidine rings is 1. The molecule has 0 saturated carbocycles. The monoisotopic (exact) mass is 429 g/mol. The van der Waals surface area contributed by atoms with Gasteiger partial charge in [-0.25, -0.2) is 0 Å². The van der Waals surface area contributed by atoms with E-state index in [-0.39, 0.29) is 11.5 Å². The van der Waals surface area contributed by atoms with Crippen LogP contribution in [0.3, 0.4) is 0 Å². The van der Waals surface area contributed by atoms with Gasteiger partial charge in [-0.15, -0.1) is 0 Å². The number of amides is 1. The Hall–Kier alpha value is -2.45. The summed E-state index contributed by atoms with van der Waals surface area (Å²) in [6, 6.07) is 7.30. The van der Waals surface area contributed by atoms with Crippen LogP contribution in [0.4, 0.5) is 0 Å². The van der Waals surface area contributed by atoms with Crippen molar-refractivity contribution in [3.05, 3.63) is 41.5 Å². The quantitative estimate of drug-likeness (QED) is 0.669. The van der Waals surface area contributed by atoms with Crippen molar-refractivity contribution in [2.24, 2.45) is 5.92 Å². The highest BCUT2D eigenvalue weighted by molar-refractivity contribution is 5.94. The summed E-state index contributed by atoms with van der Waals surface area (Å²) >= 11 is 0. The largest absolute Gasteiger partial charge is 0.497 e.